The quantitative estimate of drug-likeness (QED) is 0.563. The summed E-state index contributed by atoms with van der Waals surface area (Å²) in [5.41, 5.74) is 0.670. The lowest BCUT2D eigenvalue weighted by atomic mass is 10.2. The maximum absolute atomic E-state index is 11.9. The topological polar surface area (TPSA) is 38.3 Å². The van der Waals surface area contributed by atoms with Gasteiger partial charge in [0, 0.05) is 21.2 Å². The number of carbonyl (C=O) groups excluding carboxylic acids is 1. The molecular formula is C13H15BrINO2. The monoisotopic (exact) mass is 423 g/mol. The molecule has 0 heterocycles. The molecule has 2 rings (SSSR count). The number of carbonyl (C=O) groups is 1. The number of amides is 1. The van der Waals surface area contributed by atoms with Crippen LogP contribution in [0.25, 0.3) is 0 Å². The van der Waals surface area contributed by atoms with Gasteiger partial charge >= 0.3 is 0 Å². The minimum Gasteiger partial charge on any atom is -0.379 e. The van der Waals surface area contributed by atoms with E-state index in [0.29, 0.717) is 18.7 Å². The maximum Gasteiger partial charge on any atom is 0.252 e. The van der Waals surface area contributed by atoms with Gasteiger partial charge in [-0.2, -0.15) is 0 Å². The van der Waals surface area contributed by atoms with E-state index in [4.69, 9.17) is 4.74 Å². The fourth-order valence-electron chi connectivity index (χ4n) is 1.54. The SMILES string of the molecule is O=C(NCCOCC1CC1)c1cc(I)ccc1Br. The van der Waals surface area contributed by atoms with E-state index in [1.807, 2.05) is 18.2 Å². The highest BCUT2D eigenvalue weighted by molar-refractivity contribution is 14.1. The lowest BCUT2D eigenvalue weighted by Gasteiger charge is -2.08. The third-order valence-corrected chi connectivity index (χ3v) is 4.12. The van der Waals surface area contributed by atoms with Crippen molar-refractivity contribution in [2.24, 2.45) is 5.92 Å². The summed E-state index contributed by atoms with van der Waals surface area (Å²) in [6, 6.07) is 5.71. The van der Waals surface area contributed by atoms with Crippen molar-refractivity contribution in [3.63, 3.8) is 0 Å². The van der Waals surface area contributed by atoms with E-state index in [2.05, 4.69) is 43.8 Å². The Morgan fingerprint density at radius 2 is 2.28 bits per heavy atom. The van der Waals surface area contributed by atoms with E-state index in [0.717, 1.165) is 20.6 Å². The van der Waals surface area contributed by atoms with Gasteiger partial charge in [-0.05, 0) is 75.5 Å². The van der Waals surface area contributed by atoms with Crippen molar-refractivity contribution in [2.75, 3.05) is 19.8 Å². The molecule has 1 fully saturated rings. The zero-order valence-corrected chi connectivity index (χ0v) is 13.7. The number of ether oxygens (including phenoxy) is 1. The molecule has 18 heavy (non-hydrogen) atoms. The average Bonchev–Trinajstić information content (AvgIpc) is 3.15. The molecule has 1 aromatic rings. The van der Waals surface area contributed by atoms with E-state index >= 15 is 0 Å². The van der Waals surface area contributed by atoms with E-state index in [1.165, 1.54) is 12.8 Å². The van der Waals surface area contributed by atoms with E-state index in [9.17, 15) is 4.79 Å². The van der Waals surface area contributed by atoms with Crippen LogP contribution < -0.4 is 5.32 Å². The molecular weight excluding hydrogens is 409 g/mol. The van der Waals surface area contributed by atoms with Gasteiger partial charge in [0.1, 0.15) is 0 Å². The molecule has 0 atom stereocenters. The summed E-state index contributed by atoms with van der Waals surface area (Å²) in [7, 11) is 0. The van der Waals surface area contributed by atoms with Gasteiger partial charge in [-0.1, -0.05) is 0 Å². The highest BCUT2D eigenvalue weighted by atomic mass is 127. The maximum atomic E-state index is 11.9. The van der Waals surface area contributed by atoms with Crippen LogP contribution in [0.15, 0.2) is 22.7 Å². The third kappa shape index (κ3) is 4.51. The molecule has 0 saturated heterocycles. The predicted octanol–water partition coefficient (Wildman–Crippen LogP) is 3.21. The van der Waals surface area contributed by atoms with Crippen molar-refractivity contribution < 1.29 is 9.53 Å². The first-order valence-electron chi connectivity index (χ1n) is 5.98. The minimum absolute atomic E-state index is 0.0598. The molecule has 0 unspecified atom stereocenters. The van der Waals surface area contributed by atoms with Crippen molar-refractivity contribution in [3.8, 4) is 0 Å². The molecule has 0 spiro atoms. The van der Waals surface area contributed by atoms with Crippen molar-refractivity contribution in [1.29, 1.82) is 0 Å². The third-order valence-electron chi connectivity index (χ3n) is 2.76. The number of benzene rings is 1. The van der Waals surface area contributed by atoms with Crippen LogP contribution in [-0.2, 0) is 4.74 Å². The number of hydrogen-bond donors (Lipinski definition) is 1. The first kappa shape index (κ1) is 14.3. The molecule has 98 valence electrons. The highest BCUT2D eigenvalue weighted by Gasteiger charge is 2.20. The molecule has 1 N–H and O–H groups in total. The predicted molar refractivity (Wildman–Crippen MR) is 82.7 cm³/mol. The van der Waals surface area contributed by atoms with E-state index < -0.39 is 0 Å². The van der Waals surface area contributed by atoms with E-state index in [1.54, 1.807) is 0 Å². The van der Waals surface area contributed by atoms with Gasteiger partial charge in [0.25, 0.3) is 5.91 Å². The van der Waals surface area contributed by atoms with Crippen LogP contribution in [0.2, 0.25) is 0 Å². The second-order valence-corrected chi connectivity index (χ2v) is 6.50. The fourth-order valence-corrected chi connectivity index (χ4v) is 2.46. The molecule has 0 bridgehead atoms. The van der Waals surface area contributed by atoms with E-state index in [-0.39, 0.29) is 5.91 Å². The van der Waals surface area contributed by atoms with Crippen LogP contribution in [0.3, 0.4) is 0 Å². The Bertz CT molecular complexity index is 435. The second-order valence-electron chi connectivity index (χ2n) is 4.40. The number of hydrogen-bond acceptors (Lipinski definition) is 2. The first-order chi connectivity index (χ1) is 8.66. The minimum atomic E-state index is -0.0598. The fraction of sp³-hybridized carbons (Fsp3) is 0.462. The lowest BCUT2D eigenvalue weighted by molar-refractivity contribution is 0.0906. The Labute approximate surface area is 129 Å². The molecule has 1 aromatic carbocycles. The summed E-state index contributed by atoms with van der Waals surface area (Å²) in [5, 5.41) is 2.86. The first-order valence-corrected chi connectivity index (χ1v) is 7.85. The van der Waals surface area contributed by atoms with Crippen LogP contribution in [0.5, 0.6) is 0 Å². The smallest absolute Gasteiger partial charge is 0.252 e. The lowest BCUT2D eigenvalue weighted by Crippen LogP contribution is -2.27. The van der Waals surface area contributed by atoms with Crippen molar-refractivity contribution in [2.45, 2.75) is 12.8 Å². The second kappa shape index (κ2) is 6.86. The molecule has 1 amide bonds. The van der Waals surface area contributed by atoms with Crippen molar-refractivity contribution in [1.82, 2.24) is 5.32 Å². The largest absolute Gasteiger partial charge is 0.379 e. The number of rotatable bonds is 6. The van der Waals surface area contributed by atoms with Crippen molar-refractivity contribution in [3.05, 3.63) is 31.8 Å². The standard InChI is InChI=1S/C13H15BrINO2/c14-12-4-3-10(15)7-11(12)13(17)16-5-6-18-8-9-1-2-9/h3-4,7,9H,1-2,5-6,8H2,(H,16,17). The van der Waals surface area contributed by atoms with Crippen LogP contribution in [0, 0.1) is 9.49 Å². The van der Waals surface area contributed by atoms with Gasteiger partial charge < -0.3 is 10.1 Å². The van der Waals surface area contributed by atoms with Crippen LogP contribution in [-0.4, -0.2) is 25.7 Å². The Morgan fingerprint density at radius 3 is 3.00 bits per heavy atom. The Kier molecular flexibility index (Phi) is 5.44. The molecule has 1 aliphatic carbocycles. The summed E-state index contributed by atoms with van der Waals surface area (Å²) in [4.78, 5) is 11.9. The average molecular weight is 424 g/mol. The van der Waals surface area contributed by atoms with Gasteiger partial charge in [-0.25, -0.2) is 0 Å². The highest BCUT2D eigenvalue weighted by Crippen LogP contribution is 2.28. The number of halogens is 2. The Balaban J connectivity index is 1.74. The molecule has 0 aliphatic heterocycles. The summed E-state index contributed by atoms with van der Waals surface area (Å²) in [5.74, 6) is 0.709. The van der Waals surface area contributed by atoms with Gasteiger partial charge in [0.05, 0.1) is 12.2 Å². The van der Waals surface area contributed by atoms with Gasteiger partial charge in [-0.15, -0.1) is 0 Å². The van der Waals surface area contributed by atoms with Gasteiger partial charge in [0.15, 0.2) is 0 Å². The van der Waals surface area contributed by atoms with Crippen LogP contribution in [0.4, 0.5) is 0 Å². The van der Waals surface area contributed by atoms with Crippen LogP contribution in [0.1, 0.15) is 23.2 Å². The molecule has 0 radical (unpaired) electrons. The number of nitrogens with one attached hydrogen (secondary N) is 1. The summed E-state index contributed by atoms with van der Waals surface area (Å²) >= 11 is 5.58. The zero-order valence-electron chi connectivity index (χ0n) is 9.92. The summed E-state index contributed by atoms with van der Waals surface area (Å²) in [6.07, 6.45) is 2.59. The molecule has 3 nitrogen and oxygen atoms in total. The van der Waals surface area contributed by atoms with Crippen LogP contribution >= 0.6 is 38.5 Å². The van der Waals surface area contributed by atoms with Crippen molar-refractivity contribution >= 4 is 44.4 Å². The molecule has 0 aromatic heterocycles. The Hall–Kier alpha value is -0.140. The molecule has 5 heteroatoms. The normalized spacial score (nSPS) is 14.6. The summed E-state index contributed by atoms with van der Waals surface area (Å²) in [6.45, 7) is 1.98. The Morgan fingerprint density at radius 1 is 1.50 bits per heavy atom. The zero-order chi connectivity index (χ0) is 13.0. The molecule has 1 aliphatic rings. The molecule has 1 saturated carbocycles. The van der Waals surface area contributed by atoms with Gasteiger partial charge in [0.2, 0.25) is 0 Å². The summed E-state index contributed by atoms with van der Waals surface area (Å²) < 4.78 is 7.34. The van der Waals surface area contributed by atoms with Gasteiger partial charge in [-0.3, -0.25) is 4.79 Å².